The van der Waals surface area contributed by atoms with Crippen molar-refractivity contribution in [3.63, 3.8) is 0 Å². The number of carbonyl (C=O) groups excluding carboxylic acids is 2. The van der Waals surface area contributed by atoms with Crippen LogP contribution in [0.1, 0.15) is 70.7 Å². The molecule has 0 amide bonds. The van der Waals surface area contributed by atoms with Gasteiger partial charge in [-0.25, -0.2) is 0 Å². The minimum atomic E-state index is -0.738. The van der Waals surface area contributed by atoms with E-state index in [1.54, 1.807) is 0 Å². The number of Topliss-reactive ketones (excluding diaryl/α,β-unsaturated/α-hetero) is 2. The standard InChI is InChI=1S/C22H24O2/c1-13-7-9-17-15(11-13)19(23)22(5,6)18-10-8-14(2)12-16(18)20(24)21(17,3)4/h7-12H,1-6H3. The van der Waals surface area contributed by atoms with Crippen LogP contribution in [0.5, 0.6) is 0 Å². The maximum Gasteiger partial charge on any atom is 0.173 e. The Morgan fingerprint density at radius 3 is 1.29 bits per heavy atom. The van der Waals surface area contributed by atoms with Crippen LogP contribution in [-0.4, -0.2) is 11.6 Å². The van der Waals surface area contributed by atoms with E-state index >= 15 is 0 Å². The molecular formula is C22H24O2. The molecule has 3 rings (SSSR count). The predicted molar refractivity (Wildman–Crippen MR) is 97.1 cm³/mol. The summed E-state index contributed by atoms with van der Waals surface area (Å²) in [4.78, 5) is 26.8. The highest BCUT2D eigenvalue weighted by molar-refractivity contribution is 6.13. The van der Waals surface area contributed by atoms with Crippen LogP contribution in [0.25, 0.3) is 0 Å². The van der Waals surface area contributed by atoms with E-state index in [0.717, 1.165) is 22.3 Å². The third-order valence-corrected chi connectivity index (χ3v) is 5.32. The number of hydrogen-bond donors (Lipinski definition) is 0. The molecule has 0 heterocycles. The first-order valence-corrected chi connectivity index (χ1v) is 8.38. The van der Waals surface area contributed by atoms with Gasteiger partial charge in [-0.05, 0) is 64.8 Å². The van der Waals surface area contributed by atoms with Gasteiger partial charge in [0.15, 0.2) is 11.6 Å². The van der Waals surface area contributed by atoms with E-state index < -0.39 is 10.8 Å². The molecule has 0 radical (unpaired) electrons. The zero-order valence-electron chi connectivity index (χ0n) is 15.3. The van der Waals surface area contributed by atoms with Gasteiger partial charge < -0.3 is 0 Å². The summed E-state index contributed by atoms with van der Waals surface area (Å²) in [5.41, 5.74) is 3.58. The normalized spacial score (nSPS) is 18.4. The lowest BCUT2D eigenvalue weighted by Crippen LogP contribution is -2.40. The maximum atomic E-state index is 13.4. The van der Waals surface area contributed by atoms with Crippen molar-refractivity contribution < 1.29 is 9.59 Å². The molecule has 1 aliphatic rings. The quantitative estimate of drug-likeness (QED) is 0.689. The van der Waals surface area contributed by atoms with Crippen molar-refractivity contribution in [3.8, 4) is 0 Å². The van der Waals surface area contributed by atoms with Crippen molar-refractivity contribution in [2.45, 2.75) is 52.4 Å². The molecule has 0 aromatic heterocycles. The van der Waals surface area contributed by atoms with Crippen LogP contribution in [0.4, 0.5) is 0 Å². The molecule has 0 fully saturated rings. The molecule has 24 heavy (non-hydrogen) atoms. The SMILES string of the molecule is Cc1ccc2c(c1)C(=O)C(C)(C)c1ccc(C)cc1C(=O)C2(C)C. The molecule has 0 N–H and O–H groups in total. The first-order valence-electron chi connectivity index (χ1n) is 8.38. The second-order valence-electron chi connectivity index (χ2n) is 8.01. The van der Waals surface area contributed by atoms with Gasteiger partial charge in [-0.2, -0.15) is 0 Å². The average Bonchev–Trinajstić information content (AvgIpc) is 2.51. The van der Waals surface area contributed by atoms with Crippen molar-refractivity contribution in [1.29, 1.82) is 0 Å². The highest BCUT2D eigenvalue weighted by atomic mass is 16.1. The summed E-state index contributed by atoms with van der Waals surface area (Å²) < 4.78 is 0. The number of carbonyl (C=O) groups is 2. The van der Waals surface area contributed by atoms with Gasteiger partial charge in [0.1, 0.15) is 0 Å². The first-order chi connectivity index (χ1) is 11.1. The second kappa shape index (κ2) is 5.14. The Balaban J connectivity index is 2.42. The highest BCUT2D eigenvalue weighted by Gasteiger charge is 2.43. The molecule has 1 aliphatic carbocycles. The Morgan fingerprint density at radius 1 is 0.625 bits per heavy atom. The number of rotatable bonds is 0. The third kappa shape index (κ3) is 2.24. The van der Waals surface area contributed by atoms with E-state index in [9.17, 15) is 9.59 Å². The van der Waals surface area contributed by atoms with E-state index in [4.69, 9.17) is 0 Å². The van der Waals surface area contributed by atoms with Crippen LogP contribution >= 0.6 is 0 Å². The Bertz CT molecular complexity index is 796. The molecule has 0 unspecified atom stereocenters. The predicted octanol–water partition coefficient (Wildman–Crippen LogP) is 4.94. The third-order valence-electron chi connectivity index (χ3n) is 5.32. The molecule has 0 bridgehead atoms. The van der Waals surface area contributed by atoms with Gasteiger partial charge in [0.25, 0.3) is 0 Å². The Morgan fingerprint density at radius 2 is 0.958 bits per heavy atom. The van der Waals surface area contributed by atoms with Gasteiger partial charge in [0.2, 0.25) is 0 Å². The summed E-state index contributed by atoms with van der Waals surface area (Å²) >= 11 is 0. The number of ketones is 2. The van der Waals surface area contributed by atoms with E-state index in [0.29, 0.717) is 11.1 Å². The molecule has 2 nitrogen and oxygen atoms in total. The lowest BCUT2D eigenvalue weighted by atomic mass is 9.65. The Hall–Kier alpha value is -2.22. The summed E-state index contributed by atoms with van der Waals surface area (Å²) in [7, 11) is 0. The molecule has 0 atom stereocenters. The monoisotopic (exact) mass is 320 g/mol. The summed E-state index contributed by atoms with van der Waals surface area (Å²) in [6.07, 6.45) is 0. The zero-order valence-corrected chi connectivity index (χ0v) is 15.3. The Kier molecular flexibility index (Phi) is 3.56. The van der Waals surface area contributed by atoms with Crippen LogP contribution in [0.2, 0.25) is 0 Å². The van der Waals surface area contributed by atoms with E-state index in [1.165, 1.54) is 0 Å². The lowest BCUT2D eigenvalue weighted by molar-refractivity contribution is 0.0871. The smallest absolute Gasteiger partial charge is 0.173 e. The van der Waals surface area contributed by atoms with Gasteiger partial charge in [-0.1, -0.05) is 35.4 Å². The van der Waals surface area contributed by atoms with Crippen molar-refractivity contribution in [2.75, 3.05) is 0 Å². The molecule has 0 saturated carbocycles. The van der Waals surface area contributed by atoms with Crippen molar-refractivity contribution in [1.82, 2.24) is 0 Å². The van der Waals surface area contributed by atoms with Crippen molar-refractivity contribution in [3.05, 3.63) is 69.8 Å². The number of aryl methyl sites for hydroxylation is 2. The summed E-state index contributed by atoms with van der Waals surface area (Å²) in [5.74, 6) is 0.152. The van der Waals surface area contributed by atoms with Crippen LogP contribution in [-0.2, 0) is 10.8 Å². The van der Waals surface area contributed by atoms with Crippen molar-refractivity contribution in [2.24, 2.45) is 0 Å². The van der Waals surface area contributed by atoms with Gasteiger partial charge in [0, 0.05) is 11.1 Å². The van der Waals surface area contributed by atoms with Gasteiger partial charge in [-0.3, -0.25) is 9.59 Å². The summed E-state index contributed by atoms with van der Waals surface area (Å²) in [6.45, 7) is 11.6. The van der Waals surface area contributed by atoms with Crippen LogP contribution in [0, 0.1) is 13.8 Å². The molecule has 124 valence electrons. The van der Waals surface area contributed by atoms with Gasteiger partial charge >= 0.3 is 0 Å². The minimum absolute atomic E-state index is 0.0758. The summed E-state index contributed by atoms with van der Waals surface area (Å²) in [5, 5.41) is 0. The fraction of sp³-hybridized carbons (Fsp3) is 0.364. The van der Waals surface area contributed by atoms with E-state index in [1.807, 2.05) is 77.9 Å². The topological polar surface area (TPSA) is 34.1 Å². The fourth-order valence-corrected chi connectivity index (χ4v) is 3.70. The molecule has 2 aromatic carbocycles. The summed E-state index contributed by atoms with van der Waals surface area (Å²) in [6, 6.07) is 11.7. The zero-order chi connectivity index (χ0) is 17.9. The van der Waals surface area contributed by atoms with Crippen molar-refractivity contribution >= 4 is 11.6 Å². The number of hydrogen-bond acceptors (Lipinski definition) is 2. The molecule has 0 spiro atoms. The number of fused-ring (bicyclic) bond motifs is 2. The molecule has 0 saturated heterocycles. The number of benzene rings is 2. The van der Waals surface area contributed by atoms with Crippen LogP contribution in [0.3, 0.4) is 0 Å². The van der Waals surface area contributed by atoms with E-state index in [-0.39, 0.29) is 11.6 Å². The second-order valence-corrected chi connectivity index (χ2v) is 8.01. The molecule has 2 heteroatoms. The van der Waals surface area contributed by atoms with Crippen LogP contribution in [0.15, 0.2) is 36.4 Å². The molecule has 2 aromatic rings. The van der Waals surface area contributed by atoms with E-state index in [2.05, 4.69) is 0 Å². The maximum absolute atomic E-state index is 13.4. The minimum Gasteiger partial charge on any atom is -0.293 e. The highest BCUT2D eigenvalue weighted by Crippen LogP contribution is 2.41. The molecule has 0 aliphatic heterocycles. The van der Waals surface area contributed by atoms with Gasteiger partial charge in [-0.15, -0.1) is 0 Å². The largest absolute Gasteiger partial charge is 0.293 e. The average molecular weight is 320 g/mol. The molecular weight excluding hydrogens is 296 g/mol. The van der Waals surface area contributed by atoms with Gasteiger partial charge in [0.05, 0.1) is 10.8 Å². The fourth-order valence-electron chi connectivity index (χ4n) is 3.70. The Labute approximate surface area is 143 Å². The lowest BCUT2D eigenvalue weighted by Gasteiger charge is -2.35. The first kappa shape index (κ1) is 16.6. The van der Waals surface area contributed by atoms with Crippen LogP contribution < -0.4 is 0 Å².